The molecule has 0 N–H and O–H groups in total. The van der Waals surface area contributed by atoms with Crippen LogP contribution >= 0.6 is 23.5 Å². The van der Waals surface area contributed by atoms with Crippen molar-refractivity contribution in [3.05, 3.63) is 95.1 Å². The number of carbonyl (C=O) groups excluding carboxylic acids is 6. The summed E-state index contributed by atoms with van der Waals surface area (Å²) in [6.07, 6.45) is 28.3. The SMILES string of the molecule is CC(=O)SCCCCCCCCCCC(CCCCCCCCCCSC(C)=O)N1C(=O)c2ccc3c4ccc5c6c(ccc(c7ccc(c2c37)C1=O)c64)C(=O)N(CCC1C=CC=C1)C5=O. The number of benzene rings is 5. The van der Waals surface area contributed by atoms with Crippen molar-refractivity contribution in [2.24, 2.45) is 5.92 Å². The molecular weight excluding hydrogens is 861 g/mol. The van der Waals surface area contributed by atoms with E-state index in [1.807, 2.05) is 60.7 Å². The van der Waals surface area contributed by atoms with Gasteiger partial charge in [-0.05, 0) is 94.6 Å². The molecule has 0 bridgehead atoms. The molecule has 1 aliphatic carbocycles. The lowest BCUT2D eigenvalue weighted by molar-refractivity contribution is -0.109. The fourth-order valence-corrected chi connectivity index (χ4v) is 12.0. The van der Waals surface area contributed by atoms with Crippen LogP contribution in [0.3, 0.4) is 0 Å². The van der Waals surface area contributed by atoms with E-state index in [1.165, 1.54) is 66.9 Å². The van der Waals surface area contributed by atoms with Crippen molar-refractivity contribution < 1.29 is 28.8 Å². The van der Waals surface area contributed by atoms with E-state index < -0.39 is 0 Å². The average Bonchev–Trinajstić information content (AvgIpc) is 3.83. The van der Waals surface area contributed by atoms with Crippen LogP contribution in [-0.2, 0) is 9.59 Å². The minimum absolute atomic E-state index is 0.185. The highest BCUT2D eigenvalue weighted by Crippen LogP contribution is 2.47. The second-order valence-corrected chi connectivity index (χ2v) is 21.2. The zero-order valence-electron chi connectivity index (χ0n) is 38.8. The van der Waals surface area contributed by atoms with Crippen LogP contribution in [0.2, 0.25) is 0 Å². The molecule has 0 atom stereocenters. The summed E-state index contributed by atoms with van der Waals surface area (Å²) < 4.78 is 0. The number of nitrogens with zero attached hydrogens (tertiary/aromatic N) is 2. The van der Waals surface area contributed by atoms with Gasteiger partial charge in [-0.2, -0.15) is 0 Å². The summed E-state index contributed by atoms with van der Waals surface area (Å²) in [4.78, 5) is 83.1. The normalized spacial score (nSPS) is 14.9. The topological polar surface area (TPSA) is 109 Å². The molecular formula is C56H64N2O6S2. The highest BCUT2D eigenvalue weighted by Gasteiger charge is 2.39. The maximum absolute atomic E-state index is 14.8. The van der Waals surface area contributed by atoms with Gasteiger partial charge in [-0.15, -0.1) is 0 Å². The summed E-state index contributed by atoms with van der Waals surface area (Å²) in [5.41, 5.74) is 2.16. The first-order valence-electron chi connectivity index (χ1n) is 24.7. The Kier molecular flexibility index (Phi) is 16.1. The number of hydrogen-bond acceptors (Lipinski definition) is 8. The van der Waals surface area contributed by atoms with Gasteiger partial charge in [0, 0.05) is 71.0 Å². The Morgan fingerprint density at radius 3 is 1.20 bits per heavy atom. The van der Waals surface area contributed by atoms with E-state index in [0.717, 1.165) is 121 Å². The van der Waals surface area contributed by atoms with E-state index in [4.69, 9.17) is 0 Å². The number of hydrogen-bond donors (Lipinski definition) is 0. The first kappa shape index (κ1) is 47.7. The Morgan fingerprint density at radius 2 is 0.818 bits per heavy atom. The van der Waals surface area contributed by atoms with Crippen LogP contribution in [0.1, 0.15) is 177 Å². The molecule has 2 heterocycles. The number of carbonyl (C=O) groups is 6. The van der Waals surface area contributed by atoms with Gasteiger partial charge in [0.25, 0.3) is 23.6 Å². The Bertz CT molecular complexity index is 2530. The van der Waals surface area contributed by atoms with E-state index in [9.17, 15) is 28.8 Å². The van der Waals surface area contributed by atoms with E-state index in [2.05, 4.69) is 12.2 Å². The number of unbranched alkanes of at least 4 members (excludes halogenated alkanes) is 14. The quantitative estimate of drug-likeness (QED) is 0.0233. The summed E-state index contributed by atoms with van der Waals surface area (Å²) in [5, 5.41) is 7.10. The van der Waals surface area contributed by atoms with Crippen LogP contribution in [0.5, 0.6) is 0 Å². The van der Waals surface area contributed by atoms with E-state index in [0.29, 0.717) is 46.0 Å². The van der Waals surface area contributed by atoms with E-state index >= 15 is 0 Å². The third kappa shape index (κ3) is 10.3. The van der Waals surface area contributed by atoms with Gasteiger partial charge >= 0.3 is 0 Å². The van der Waals surface area contributed by atoms with Gasteiger partial charge < -0.3 is 0 Å². The number of rotatable bonds is 26. The van der Waals surface area contributed by atoms with Crippen LogP contribution in [0.25, 0.3) is 43.1 Å². The molecule has 4 amide bonds. The molecule has 0 radical (unpaired) electrons. The predicted molar refractivity (Wildman–Crippen MR) is 273 cm³/mol. The molecule has 0 fully saturated rings. The van der Waals surface area contributed by atoms with Crippen molar-refractivity contribution in [3.63, 3.8) is 0 Å². The predicted octanol–water partition coefficient (Wildman–Crippen LogP) is 14.0. The highest BCUT2D eigenvalue weighted by molar-refractivity contribution is 8.13. The first-order valence-corrected chi connectivity index (χ1v) is 26.7. The van der Waals surface area contributed by atoms with E-state index in [1.54, 1.807) is 18.7 Å². The molecule has 8 nitrogen and oxygen atoms in total. The van der Waals surface area contributed by atoms with Gasteiger partial charge in [-0.25, -0.2) is 0 Å². The van der Waals surface area contributed by atoms with Gasteiger partial charge in [-0.3, -0.25) is 38.6 Å². The first-order chi connectivity index (χ1) is 32.2. The molecule has 66 heavy (non-hydrogen) atoms. The standard InChI is InChI=1S/C56H64N2O6S2/c1-37(59)65-35-19-13-9-5-3-7-11-15-23-40(24-16-12-8-4-6-10-14-20-36-66-38(2)60)58-55(63)47-31-27-43-41-25-29-45-51-46(54(62)57(53(45)61)34-33-39-21-17-18-22-39)30-26-42(49(41)51)44-28-32-48(56(58)64)52(47)50(43)44/h17-18,21-22,25-32,39-40H,3-16,19-20,23-24,33-36H2,1-2H3. The largest absolute Gasteiger partial charge is 0.288 e. The van der Waals surface area contributed by atoms with Gasteiger partial charge in [0.05, 0.1) is 0 Å². The lowest BCUT2D eigenvalue weighted by Crippen LogP contribution is -2.47. The highest BCUT2D eigenvalue weighted by atomic mass is 32.2. The summed E-state index contributed by atoms with van der Waals surface area (Å²) in [5.74, 6) is 1.03. The number of imide groups is 2. The number of fused-ring (bicyclic) bond motifs is 2. The zero-order chi connectivity index (χ0) is 46.2. The van der Waals surface area contributed by atoms with Gasteiger partial charge in [-0.1, -0.05) is 162 Å². The van der Waals surface area contributed by atoms with Crippen LogP contribution in [0, 0.1) is 5.92 Å². The summed E-state index contributed by atoms with van der Waals surface area (Å²) in [7, 11) is 0. The summed E-state index contributed by atoms with van der Waals surface area (Å²) in [6.45, 7) is 3.60. The number of allylic oxidation sites excluding steroid dienone is 4. The minimum atomic E-state index is -0.273. The molecule has 2 aliphatic heterocycles. The van der Waals surface area contributed by atoms with Crippen molar-refractivity contribution in [2.75, 3.05) is 18.1 Å². The molecule has 0 aromatic heterocycles. The van der Waals surface area contributed by atoms with Crippen LogP contribution in [0.4, 0.5) is 0 Å². The van der Waals surface area contributed by atoms with Crippen LogP contribution < -0.4 is 0 Å². The Hall–Kier alpha value is -4.80. The second-order valence-electron chi connectivity index (χ2n) is 18.7. The third-order valence-corrected chi connectivity index (χ3v) is 15.9. The van der Waals surface area contributed by atoms with E-state index in [-0.39, 0.29) is 45.8 Å². The average molecular weight is 925 g/mol. The fourth-order valence-electron chi connectivity index (χ4n) is 10.7. The molecule has 0 saturated carbocycles. The van der Waals surface area contributed by atoms with Crippen LogP contribution in [-0.4, -0.2) is 67.8 Å². The van der Waals surface area contributed by atoms with Crippen LogP contribution in [0.15, 0.2) is 72.8 Å². The maximum atomic E-state index is 14.8. The Labute approximate surface area is 398 Å². The molecule has 10 heteroatoms. The van der Waals surface area contributed by atoms with Gasteiger partial charge in [0.1, 0.15) is 0 Å². The van der Waals surface area contributed by atoms with Gasteiger partial charge in [0.2, 0.25) is 0 Å². The molecule has 3 aliphatic rings. The fraction of sp³-hybridized carbons (Fsp3) is 0.464. The molecule has 0 unspecified atom stereocenters. The van der Waals surface area contributed by atoms with Crippen molar-refractivity contribution in [1.29, 1.82) is 0 Å². The molecule has 0 spiro atoms. The zero-order valence-corrected chi connectivity index (χ0v) is 40.4. The smallest absolute Gasteiger partial charge is 0.261 e. The summed E-state index contributed by atoms with van der Waals surface area (Å²) in [6, 6.07) is 15.3. The monoisotopic (exact) mass is 924 g/mol. The van der Waals surface area contributed by atoms with Gasteiger partial charge in [0.15, 0.2) is 10.2 Å². The van der Waals surface area contributed by atoms with Crippen molar-refractivity contribution in [1.82, 2.24) is 9.80 Å². The van der Waals surface area contributed by atoms with Crippen molar-refractivity contribution >= 4 is 100 Å². The number of amides is 4. The lowest BCUT2D eigenvalue weighted by Gasteiger charge is -2.35. The molecule has 5 aromatic rings. The molecule has 0 saturated heterocycles. The summed E-state index contributed by atoms with van der Waals surface area (Å²) >= 11 is 2.83. The Balaban J connectivity index is 0.992. The molecule has 5 aromatic carbocycles. The number of thioether (sulfide) groups is 2. The Morgan fingerprint density at radius 1 is 0.470 bits per heavy atom. The van der Waals surface area contributed by atoms with Crippen molar-refractivity contribution in [3.8, 4) is 0 Å². The second kappa shape index (κ2) is 22.3. The molecule has 346 valence electrons. The third-order valence-electron chi connectivity index (χ3n) is 14.1. The molecule has 8 rings (SSSR count). The van der Waals surface area contributed by atoms with Crippen molar-refractivity contribution in [2.45, 2.75) is 142 Å². The lowest BCUT2D eigenvalue weighted by atomic mass is 9.82. The minimum Gasteiger partial charge on any atom is -0.288 e. The maximum Gasteiger partial charge on any atom is 0.261 e.